The van der Waals surface area contributed by atoms with Gasteiger partial charge in [-0.15, -0.1) is 0 Å². The topological polar surface area (TPSA) is 80.6 Å². The fourth-order valence-corrected chi connectivity index (χ4v) is 1.63. The number of hydrogen-bond donors (Lipinski definition) is 1. The summed E-state index contributed by atoms with van der Waals surface area (Å²) in [5.74, 6) is 0. The molecule has 146 valence electrons. The highest BCUT2D eigenvalue weighted by molar-refractivity contribution is 6.74. The molecule has 0 amide bonds. The third-order valence-corrected chi connectivity index (χ3v) is 2.69. The molecule has 0 atom stereocenters. The molecule has 0 bridgehead atoms. The van der Waals surface area contributed by atoms with E-state index in [9.17, 15) is 9.59 Å². The van der Waals surface area contributed by atoms with Crippen LogP contribution in [0.15, 0.2) is 65.5 Å². The minimum atomic E-state index is -0.611. The average molecular weight is 407 g/mol. The zero-order chi connectivity index (χ0) is 19.6. The zero-order valence-electron chi connectivity index (χ0n) is 15.3. The second-order valence-electron chi connectivity index (χ2n) is 6.89. The molecule has 0 aliphatic carbocycles. The van der Waals surface area contributed by atoms with Gasteiger partial charge in [-0.1, -0.05) is 82.1 Å². The van der Waals surface area contributed by atoms with Gasteiger partial charge in [-0.3, -0.25) is 4.79 Å². The highest BCUT2D eigenvalue weighted by atomic mass is 35.5. The Hall–Kier alpha value is -2.51. The van der Waals surface area contributed by atoms with Crippen LogP contribution < -0.4 is 5.69 Å². The van der Waals surface area contributed by atoms with Gasteiger partial charge in [0.15, 0.2) is 0 Å². The third kappa shape index (κ3) is 10.9. The average Bonchev–Trinajstić information content (AvgIpc) is 3.02. The summed E-state index contributed by atoms with van der Waals surface area (Å²) in [5, 5.41) is 8.76. The summed E-state index contributed by atoms with van der Waals surface area (Å²) in [6.07, 6.45) is 0. The minimum Gasteiger partial charge on any atom is -0.276 e. The highest BCUT2D eigenvalue weighted by Crippen LogP contribution is 2.01. The van der Waals surface area contributed by atoms with Crippen LogP contribution in [0.5, 0.6) is 0 Å². The molecule has 3 rings (SSSR count). The second-order valence-corrected chi connectivity index (χ2v) is 13.2. The van der Waals surface area contributed by atoms with Crippen LogP contribution in [0.1, 0.15) is 17.8 Å². The zero-order valence-corrected chi connectivity index (χ0v) is 17.1. The molecule has 0 saturated carbocycles. The molecule has 1 N–H and O–H groups in total. The van der Waals surface area contributed by atoms with Crippen LogP contribution >= 0.6 is 11.6 Å². The molecule has 0 aliphatic heterocycles. The van der Waals surface area contributed by atoms with Crippen LogP contribution in [0.3, 0.4) is 0 Å². The maximum Gasteiger partial charge on any atom is 0.365 e. The fraction of sp³-hybridized carbons (Fsp3) is 0.263. The van der Waals surface area contributed by atoms with Crippen molar-refractivity contribution < 1.29 is 4.79 Å². The molecule has 0 unspecified atom stereocenters. The monoisotopic (exact) mass is 406 g/mol. The largest absolute Gasteiger partial charge is 0.365 e. The first-order valence-electron chi connectivity index (χ1n) is 7.99. The number of benzene rings is 2. The van der Waals surface area contributed by atoms with Gasteiger partial charge < -0.3 is 0 Å². The van der Waals surface area contributed by atoms with Gasteiger partial charge in [0.2, 0.25) is 0 Å². The van der Waals surface area contributed by atoms with Gasteiger partial charge in [0.05, 0.1) is 5.69 Å². The van der Waals surface area contributed by atoms with Gasteiger partial charge in [0.1, 0.15) is 0 Å². The van der Waals surface area contributed by atoms with Gasteiger partial charge in [-0.2, -0.15) is 4.68 Å². The van der Waals surface area contributed by atoms with E-state index in [1.807, 2.05) is 24.3 Å². The lowest BCUT2D eigenvalue weighted by atomic mass is 10.2. The molecule has 8 heteroatoms. The molecule has 6 nitrogen and oxygen atoms in total. The highest BCUT2D eigenvalue weighted by Gasteiger charge is 2.00. The number of aromatic nitrogens is 4. The summed E-state index contributed by atoms with van der Waals surface area (Å²) in [5.41, 5.74) is 0.914. The Kier molecular flexibility index (Phi) is 10.9. The molecule has 0 spiro atoms. The number of nitrogens with one attached hydrogen (secondary N) is 1. The molecule has 0 saturated heterocycles. The Morgan fingerprint density at radius 1 is 0.963 bits per heavy atom. The Morgan fingerprint density at radius 3 is 1.74 bits per heavy atom. The van der Waals surface area contributed by atoms with Crippen LogP contribution in [0.4, 0.5) is 0 Å². The normalized spacial score (nSPS) is 9.67. The number of rotatable bonds is 2. The van der Waals surface area contributed by atoms with Crippen molar-refractivity contribution in [3.63, 3.8) is 0 Å². The van der Waals surface area contributed by atoms with Crippen molar-refractivity contribution >= 4 is 24.9 Å². The molecule has 3 aromatic rings. The van der Waals surface area contributed by atoms with Gasteiger partial charge in [-0.05, 0) is 34.2 Å². The van der Waals surface area contributed by atoms with Gasteiger partial charge in [0, 0.05) is 13.6 Å². The molecule has 1 aromatic heterocycles. The smallest absolute Gasteiger partial charge is 0.276 e. The van der Waals surface area contributed by atoms with Gasteiger partial charge >= 0.3 is 5.69 Å². The number of para-hydroxylation sites is 1. The van der Waals surface area contributed by atoms with Crippen molar-refractivity contribution in [1.82, 2.24) is 20.2 Å². The van der Waals surface area contributed by atoms with Gasteiger partial charge in [0.25, 0.3) is 5.24 Å². The number of nitrogens with zero attached hydrogens (tertiary/aromatic N) is 3. The maximum atomic E-state index is 11.0. The van der Waals surface area contributed by atoms with Crippen LogP contribution in [0.2, 0.25) is 26.2 Å². The molecular formula is C19H27ClN4O2Si. The summed E-state index contributed by atoms with van der Waals surface area (Å²) in [6, 6.07) is 17.8. The first-order chi connectivity index (χ1) is 12.2. The lowest BCUT2D eigenvalue weighted by Gasteiger charge is -2.01. The lowest BCUT2D eigenvalue weighted by Crippen LogP contribution is -2.15. The minimum absolute atomic E-state index is 0. The van der Waals surface area contributed by atoms with Crippen molar-refractivity contribution in [3.8, 4) is 5.69 Å². The van der Waals surface area contributed by atoms with Crippen molar-refractivity contribution in [3.05, 3.63) is 76.7 Å². The standard InChI is InChI=1S/C7H5ClO.C7H6N4O.C4H12Si.CH4/c8-7(9)6-4-2-1-3-5-6;12-7-8-9-10-11(7)6-4-2-1-3-5-6;1-5(2,3)4;/h1-5H;1-5H,(H,8,10,12);1-4H3;1H4. The van der Waals surface area contributed by atoms with Crippen molar-refractivity contribution in [2.75, 3.05) is 0 Å². The number of aromatic amines is 1. The van der Waals surface area contributed by atoms with Crippen molar-refractivity contribution in [1.29, 1.82) is 0 Å². The van der Waals surface area contributed by atoms with Crippen LogP contribution in [-0.2, 0) is 0 Å². The van der Waals surface area contributed by atoms with E-state index in [1.165, 1.54) is 4.68 Å². The molecule has 1 heterocycles. The number of tetrazole rings is 1. The van der Waals surface area contributed by atoms with Crippen LogP contribution in [0, 0.1) is 0 Å². The van der Waals surface area contributed by atoms with E-state index in [-0.39, 0.29) is 13.1 Å². The van der Waals surface area contributed by atoms with Crippen LogP contribution in [0.25, 0.3) is 5.69 Å². The lowest BCUT2D eigenvalue weighted by molar-refractivity contribution is 0.108. The summed E-state index contributed by atoms with van der Waals surface area (Å²) in [6.45, 7) is 9.31. The summed E-state index contributed by atoms with van der Waals surface area (Å²) in [7, 11) is -0.611. The Morgan fingerprint density at radius 2 is 1.41 bits per heavy atom. The van der Waals surface area contributed by atoms with E-state index >= 15 is 0 Å². The van der Waals surface area contributed by atoms with Gasteiger partial charge in [-0.25, -0.2) is 9.89 Å². The summed E-state index contributed by atoms with van der Waals surface area (Å²) < 4.78 is 1.19. The van der Waals surface area contributed by atoms with E-state index in [2.05, 4.69) is 41.7 Å². The quantitative estimate of drug-likeness (QED) is 0.497. The molecular weight excluding hydrogens is 380 g/mol. The maximum absolute atomic E-state index is 11.0. The van der Waals surface area contributed by atoms with E-state index in [0.717, 1.165) is 0 Å². The molecule has 0 radical (unpaired) electrons. The van der Waals surface area contributed by atoms with E-state index in [4.69, 9.17) is 11.6 Å². The third-order valence-electron chi connectivity index (χ3n) is 2.47. The fourth-order valence-electron chi connectivity index (χ4n) is 1.51. The van der Waals surface area contributed by atoms with E-state index in [0.29, 0.717) is 11.3 Å². The predicted octanol–water partition coefficient (Wildman–Crippen LogP) is 4.61. The van der Waals surface area contributed by atoms with Crippen LogP contribution in [-0.4, -0.2) is 33.5 Å². The second kappa shape index (κ2) is 12.0. The van der Waals surface area contributed by atoms with Crippen molar-refractivity contribution in [2.24, 2.45) is 0 Å². The SMILES string of the molecule is C.C[Si](C)(C)C.O=C(Cl)c1ccccc1.O=c1[nH]nnn1-c1ccccc1. The molecule has 0 aliphatic rings. The number of H-pyrrole nitrogens is 1. The number of halogens is 1. The molecule has 2 aromatic carbocycles. The number of carbonyl (C=O) groups is 1. The predicted molar refractivity (Wildman–Crippen MR) is 115 cm³/mol. The summed E-state index contributed by atoms with van der Waals surface area (Å²) >= 11 is 5.16. The Bertz CT molecular complexity index is 837. The first kappa shape index (κ1) is 24.5. The number of carbonyl (C=O) groups excluding carboxylic acids is 1. The summed E-state index contributed by atoms with van der Waals surface area (Å²) in [4.78, 5) is 21.4. The Labute approximate surface area is 166 Å². The number of hydrogen-bond acceptors (Lipinski definition) is 4. The molecule has 0 fully saturated rings. The first-order valence-corrected chi connectivity index (χ1v) is 12.4. The van der Waals surface area contributed by atoms with E-state index < -0.39 is 13.3 Å². The molecule has 27 heavy (non-hydrogen) atoms. The van der Waals surface area contributed by atoms with E-state index in [1.54, 1.807) is 36.4 Å². The van der Waals surface area contributed by atoms with Crippen molar-refractivity contribution in [2.45, 2.75) is 33.6 Å². The Balaban J connectivity index is 0.000000403.